The number of ether oxygens (including phenoxy) is 2. The van der Waals surface area contributed by atoms with Gasteiger partial charge in [-0.3, -0.25) is 4.79 Å². The number of hydrogen-bond donors (Lipinski definition) is 1. The lowest BCUT2D eigenvalue weighted by Crippen LogP contribution is -2.26. The van der Waals surface area contributed by atoms with Gasteiger partial charge in [0.15, 0.2) is 0 Å². The summed E-state index contributed by atoms with van der Waals surface area (Å²) >= 11 is 0. The van der Waals surface area contributed by atoms with Gasteiger partial charge in [0, 0.05) is 5.56 Å². The first-order valence-corrected chi connectivity index (χ1v) is 7.68. The zero-order valence-electron chi connectivity index (χ0n) is 13.8. The van der Waals surface area contributed by atoms with Crippen LogP contribution in [-0.2, 0) is 0 Å². The Kier molecular flexibility index (Phi) is 5.90. The average Bonchev–Trinajstić information content (AvgIpc) is 2.55. The van der Waals surface area contributed by atoms with Crippen LogP contribution in [0.25, 0.3) is 0 Å². The maximum Gasteiger partial charge on any atom is 0.573 e. The second-order valence-electron chi connectivity index (χ2n) is 5.27. The van der Waals surface area contributed by atoms with Crippen molar-refractivity contribution in [3.05, 3.63) is 59.7 Å². The number of halogens is 3. The SMILES string of the molecule is CCOc1ccc(C(C)NC(=O)c2ccc(OC(F)(F)F)cc2)cc1. The van der Waals surface area contributed by atoms with E-state index in [-0.39, 0.29) is 23.3 Å². The first-order chi connectivity index (χ1) is 11.8. The fourth-order valence-corrected chi connectivity index (χ4v) is 2.19. The normalized spacial score (nSPS) is 12.4. The van der Waals surface area contributed by atoms with Gasteiger partial charge in [-0.25, -0.2) is 0 Å². The third-order valence-electron chi connectivity index (χ3n) is 3.39. The first-order valence-electron chi connectivity index (χ1n) is 7.68. The highest BCUT2D eigenvalue weighted by Crippen LogP contribution is 2.23. The summed E-state index contributed by atoms with van der Waals surface area (Å²) in [6, 6.07) is 11.8. The van der Waals surface area contributed by atoms with E-state index < -0.39 is 6.36 Å². The van der Waals surface area contributed by atoms with Gasteiger partial charge in [-0.05, 0) is 55.8 Å². The zero-order chi connectivity index (χ0) is 18.4. The second-order valence-corrected chi connectivity index (χ2v) is 5.27. The standard InChI is InChI=1S/C18H18F3NO3/c1-3-24-15-8-4-13(5-9-15)12(2)22-17(23)14-6-10-16(11-7-14)25-18(19,20)21/h4-12H,3H2,1-2H3,(H,22,23). The lowest BCUT2D eigenvalue weighted by molar-refractivity contribution is -0.274. The molecule has 134 valence electrons. The van der Waals surface area contributed by atoms with Crippen molar-refractivity contribution < 1.29 is 27.4 Å². The number of amides is 1. The molecule has 0 fully saturated rings. The zero-order valence-corrected chi connectivity index (χ0v) is 13.8. The number of carbonyl (C=O) groups is 1. The Morgan fingerprint density at radius 1 is 1.04 bits per heavy atom. The van der Waals surface area contributed by atoms with E-state index in [1.165, 1.54) is 12.1 Å². The van der Waals surface area contributed by atoms with E-state index in [0.717, 1.165) is 23.4 Å². The molecule has 0 aromatic heterocycles. The van der Waals surface area contributed by atoms with Crippen LogP contribution in [0.5, 0.6) is 11.5 Å². The van der Waals surface area contributed by atoms with Gasteiger partial charge in [0.05, 0.1) is 12.6 Å². The lowest BCUT2D eigenvalue weighted by atomic mass is 10.1. The molecule has 0 aliphatic rings. The van der Waals surface area contributed by atoms with Crippen LogP contribution in [0.4, 0.5) is 13.2 Å². The molecule has 1 atom stereocenters. The van der Waals surface area contributed by atoms with Crippen molar-refractivity contribution in [2.45, 2.75) is 26.3 Å². The Labute approximate surface area is 143 Å². The summed E-state index contributed by atoms with van der Waals surface area (Å²) in [5.41, 5.74) is 1.13. The predicted molar refractivity (Wildman–Crippen MR) is 86.6 cm³/mol. The van der Waals surface area contributed by atoms with Crippen LogP contribution in [0.3, 0.4) is 0 Å². The van der Waals surface area contributed by atoms with Gasteiger partial charge in [0.25, 0.3) is 5.91 Å². The molecule has 2 aromatic rings. The Morgan fingerprint density at radius 2 is 1.60 bits per heavy atom. The molecule has 2 rings (SSSR count). The van der Waals surface area contributed by atoms with E-state index in [0.29, 0.717) is 6.61 Å². The van der Waals surface area contributed by atoms with Gasteiger partial charge in [-0.2, -0.15) is 0 Å². The number of rotatable bonds is 6. The molecule has 7 heteroatoms. The summed E-state index contributed by atoms with van der Waals surface area (Å²) in [7, 11) is 0. The molecule has 0 saturated carbocycles. The molecule has 0 spiro atoms. The van der Waals surface area contributed by atoms with Crippen molar-refractivity contribution in [3.63, 3.8) is 0 Å². The maximum absolute atomic E-state index is 12.2. The molecule has 1 amide bonds. The van der Waals surface area contributed by atoms with E-state index in [1.54, 1.807) is 0 Å². The minimum absolute atomic E-state index is 0.243. The molecule has 2 aromatic carbocycles. The summed E-state index contributed by atoms with van der Waals surface area (Å²) < 4.78 is 45.5. The van der Waals surface area contributed by atoms with Crippen molar-refractivity contribution in [1.82, 2.24) is 5.32 Å². The molecule has 25 heavy (non-hydrogen) atoms. The summed E-state index contributed by atoms with van der Waals surface area (Å²) in [5, 5.41) is 2.79. The largest absolute Gasteiger partial charge is 0.573 e. The molecular weight excluding hydrogens is 335 g/mol. The van der Waals surface area contributed by atoms with Crippen molar-refractivity contribution >= 4 is 5.91 Å². The van der Waals surface area contributed by atoms with Gasteiger partial charge in [0.2, 0.25) is 0 Å². The molecule has 1 N–H and O–H groups in total. The van der Waals surface area contributed by atoms with E-state index in [1.807, 2.05) is 38.1 Å². The third-order valence-corrected chi connectivity index (χ3v) is 3.39. The van der Waals surface area contributed by atoms with Crippen LogP contribution in [0.2, 0.25) is 0 Å². The van der Waals surface area contributed by atoms with E-state index in [4.69, 9.17) is 4.74 Å². The summed E-state index contributed by atoms with van der Waals surface area (Å²) in [4.78, 5) is 12.2. The number of benzene rings is 2. The van der Waals surface area contributed by atoms with E-state index in [9.17, 15) is 18.0 Å². The second kappa shape index (κ2) is 7.92. The van der Waals surface area contributed by atoms with Gasteiger partial charge in [0.1, 0.15) is 11.5 Å². The Bertz CT molecular complexity index is 697. The topological polar surface area (TPSA) is 47.6 Å². The van der Waals surface area contributed by atoms with Crippen LogP contribution in [-0.4, -0.2) is 18.9 Å². The fraction of sp³-hybridized carbons (Fsp3) is 0.278. The molecule has 0 aliphatic heterocycles. The molecule has 0 heterocycles. The molecule has 0 saturated heterocycles. The van der Waals surface area contributed by atoms with Gasteiger partial charge < -0.3 is 14.8 Å². The molecule has 0 radical (unpaired) electrons. The molecule has 0 bridgehead atoms. The lowest BCUT2D eigenvalue weighted by Gasteiger charge is -2.15. The first kappa shape index (κ1) is 18.6. The predicted octanol–water partition coefficient (Wildman–Crippen LogP) is 4.47. The molecular formula is C18H18F3NO3. The number of alkyl halides is 3. The van der Waals surface area contributed by atoms with Gasteiger partial charge in [-0.15, -0.1) is 13.2 Å². The van der Waals surface area contributed by atoms with Gasteiger partial charge >= 0.3 is 6.36 Å². The molecule has 0 aliphatic carbocycles. The quantitative estimate of drug-likeness (QED) is 0.833. The highest BCUT2D eigenvalue weighted by Gasteiger charge is 2.31. The minimum atomic E-state index is -4.76. The van der Waals surface area contributed by atoms with Crippen molar-refractivity contribution in [3.8, 4) is 11.5 Å². The smallest absolute Gasteiger partial charge is 0.494 e. The van der Waals surface area contributed by atoms with Crippen LogP contribution in [0.15, 0.2) is 48.5 Å². The Morgan fingerprint density at radius 3 is 2.12 bits per heavy atom. The average molecular weight is 353 g/mol. The minimum Gasteiger partial charge on any atom is -0.494 e. The monoisotopic (exact) mass is 353 g/mol. The van der Waals surface area contributed by atoms with Crippen LogP contribution in [0.1, 0.15) is 35.8 Å². The van der Waals surface area contributed by atoms with Crippen LogP contribution < -0.4 is 14.8 Å². The maximum atomic E-state index is 12.2. The number of nitrogens with one attached hydrogen (secondary N) is 1. The summed E-state index contributed by atoms with van der Waals surface area (Å²) in [6.07, 6.45) is -4.76. The van der Waals surface area contributed by atoms with Crippen molar-refractivity contribution in [2.75, 3.05) is 6.61 Å². The number of carbonyl (C=O) groups excluding carboxylic acids is 1. The van der Waals surface area contributed by atoms with Crippen molar-refractivity contribution in [1.29, 1.82) is 0 Å². The highest BCUT2D eigenvalue weighted by atomic mass is 19.4. The van der Waals surface area contributed by atoms with Crippen LogP contribution in [0, 0.1) is 0 Å². The van der Waals surface area contributed by atoms with Crippen molar-refractivity contribution in [2.24, 2.45) is 0 Å². The Balaban J connectivity index is 1.98. The van der Waals surface area contributed by atoms with E-state index >= 15 is 0 Å². The highest BCUT2D eigenvalue weighted by molar-refractivity contribution is 5.94. The van der Waals surface area contributed by atoms with E-state index in [2.05, 4.69) is 10.1 Å². The Hall–Kier alpha value is -2.70. The number of hydrogen-bond acceptors (Lipinski definition) is 3. The summed E-state index contributed by atoms with van der Waals surface area (Å²) in [5.74, 6) is -0.0198. The molecule has 4 nitrogen and oxygen atoms in total. The van der Waals surface area contributed by atoms with Gasteiger partial charge in [-0.1, -0.05) is 12.1 Å². The third kappa shape index (κ3) is 5.70. The fourth-order valence-electron chi connectivity index (χ4n) is 2.19. The summed E-state index contributed by atoms with van der Waals surface area (Å²) in [6.45, 7) is 4.27. The van der Waals surface area contributed by atoms with Crippen LogP contribution >= 0.6 is 0 Å². The molecule has 1 unspecified atom stereocenters.